The second-order valence-corrected chi connectivity index (χ2v) is 8.00. The quantitative estimate of drug-likeness (QED) is 0.604. The largest absolute Gasteiger partial charge is 0.379 e. The summed E-state index contributed by atoms with van der Waals surface area (Å²) in [6, 6.07) is 0. The fourth-order valence-corrected chi connectivity index (χ4v) is 3.53. The van der Waals surface area contributed by atoms with E-state index in [2.05, 4.69) is 53.2 Å². The van der Waals surface area contributed by atoms with Crippen LogP contribution in [0.2, 0.25) is 0 Å². The van der Waals surface area contributed by atoms with Crippen LogP contribution in [0.4, 0.5) is 0 Å². The van der Waals surface area contributed by atoms with Crippen LogP contribution in [0.5, 0.6) is 0 Å². The molecule has 7 heteroatoms. The van der Waals surface area contributed by atoms with Gasteiger partial charge >= 0.3 is 0 Å². The lowest BCUT2D eigenvalue weighted by atomic mass is 10.0. The summed E-state index contributed by atoms with van der Waals surface area (Å²) >= 11 is 1.72. The van der Waals surface area contributed by atoms with Crippen molar-refractivity contribution in [2.45, 2.75) is 46.7 Å². The highest BCUT2D eigenvalue weighted by atomic mass is 32.1. The van der Waals surface area contributed by atoms with Gasteiger partial charge in [-0.05, 0) is 34.6 Å². The van der Waals surface area contributed by atoms with Crippen LogP contribution in [0.25, 0.3) is 0 Å². The lowest BCUT2D eigenvalue weighted by molar-refractivity contribution is -0.00834. The maximum absolute atomic E-state index is 5.45. The van der Waals surface area contributed by atoms with E-state index in [4.69, 9.17) is 4.74 Å². The zero-order valence-corrected chi connectivity index (χ0v) is 16.4. The Morgan fingerprint density at radius 3 is 2.58 bits per heavy atom. The summed E-state index contributed by atoms with van der Waals surface area (Å²) in [5, 5.41) is 7.87. The summed E-state index contributed by atoms with van der Waals surface area (Å²) in [5.41, 5.74) is 1.17. The van der Waals surface area contributed by atoms with Gasteiger partial charge in [0.1, 0.15) is 5.01 Å². The molecule has 0 atom stereocenters. The predicted molar refractivity (Wildman–Crippen MR) is 101 cm³/mol. The van der Waals surface area contributed by atoms with Gasteiger partial charge in [0.05, 0.1) is 25.5 Å². The number of aliphatic imine (C=N–C) groups is 1. The van der Waals surface area contributed by atoms with Crippen LogP contribution >= 0.6 is 11.3 Å². The van der Waals surface area contributed by atoms with Gasteiger partial charge in [0.25, 0.3) is 0 Å². The van der Waals surface area contributed by atoms with Gasteiger partial charge in [0.2, 0.25) is 0 Å². The molecule has 2 rings (SSSR count). The Kier molecular flexibility index (Phi) is 7.01. The number of nitrogens with zero attached hydrogens (tertiary/aromatic N) is 3. The summed E-state index contributed by atoms with van der Waals surface area (Å²) in [5.74, 6) is 0.851. The molecule has 2 N–H and O–H groups in total. The van der Waals surface area contributed by atoms with Gasteiger partial charge in [0, 0.05) is 36.6 Å². The molecule has 6 nitrogen and oxygen atoms in total. The molecular formula is C17H31N5OS. The van der Waals surface area contributed by atoms with Crippen LogP contribution in [0.1, 0.15) is 36.3 Å². The topological polar surface area (TPSA) is 61.8 Å². The first-order valence-corrected chi connectivity index (χ1v) is 9.52. The van der Waals surface area contributed by atoms with E-state index < -0.39 is 0 Å². The minimum Gasteiger partial charge on any atom is -0.379 e. The van der Waals surface area contributed by atoms with Crippen molar-refractivity contribution in [3.05, 3.63) is 15.6 Å². The van der Waals surface area contributed by atoms with Crippen molar-refractivity contribution >= 4 is 17.3 Å². The van der Waals surface area contributed by atoms with E-state index in [1.165, 1.54) is 4.88 Å². The molecule has 0 amide bonds. The molecule has 1 aliphatic heterocycles. The molecule has 1 saturated heterocycles. The molecular weight excluding hydrogens is 322 g/mol. The van der Waals surface area contributed by atoms with Gasteiger partial charge in [-0.25, -0.2) is 9.98 Å². The Bertz CT molecular complexity index is 530. The van der Waals surface area contributed by atoms with Crippen molar-refractivity contribution in [2.75, 3.05) is 39.4 Å². The van der Waals surface area contributed by atoms with E-state index in [9.17, 15) is 0 Å². The van der Waals surface area contributed by atoms with Gasteiger partial charge < -0.3 is 15.4 Å². The molecule has 0 radical (unpaired) electrons. The Morgan fingerprint density at radius 2 is 2.00 bits per heavy atom. The number of aromatic nitrogens is 1. The fourth-order valence-electron chi connectivity index (χ4n) is 2.68. The Balaban J connectivity index is 1.93. The summed E-state index contributed by atoms with van der Waals surface area (Å²) in [7, 11) is 0. The minimum atomic E-state index is 0.0638. The van der Waals surface area contributed by atoms with Gasteiger partial charge in [-0.3, -0.25) is 4.90 Å². The summed E-state index contributed by atoms with van der Waals surface area (Å²) in [4.78, 5) is 13.0. The molecule has 1 fully saturated rings. The molecule has 136 valence electrons. The van der Waals surface area contributed by atoms with Crippen LogP contribution in [0, 0.1) is 13.8 Å². The molecule has 1 aliphatic rings. The number of morpholine rings is 1. The third-order valence-corrected chi connectivity index (χ3v) is 5.40. The lowest BCUT2D eigenvalue weighted by Gasteiger charge is -2.41. The number of thiazole rings is 1. The Labute approximate surface area is 149 Å². The Hall–Kier alpha value is -1.18. The Morgan fingerprint density at radius 1 is 1.29 bits per heavy atom. The number of ether oxygens (including phenoxy) is 1. The van der Waals surface area contributed by atoms with Crippen LogP contribution in [0.15, 0.2) is 4.99 Å². The van der Waals surface area contributed by atoms with E-state index in [1.54, 1.807) is 11.3 Å². The van der Waals surface area contributed by atoms with Crippen LogP contribution in [0.3, 0.4) is 0 Å². The smallest absolute Gasteiger partial charge is 0.191 e. The third kappa shape index (κ3) is 5.43. The van der Waals surface area contributed by atoms with E-state index >= 15 is 0 Å². The first-order chi connectivity index (χ1) is 11.4. The van der Waals surface area contributed by atoms with Crippen LogP contribution in [-0.4, -0.2) is 60.8 Å². The zero-order valence-electron chi connectivity index (χ0n) is 15.6. The average Bonchev–Trinajstić information content (AvgIpc) is 2.89. The second kappa shape index (κ2) is 8.78. The van der Waals surface area contributed by atoms with E-state index in [1.807, 2.05) is 6.92 Å². The van der Waals surface area contributed by atoms with Gasteiger partial charge in [0.15, 0.2) is 5.96 Å². The van der Waals surface area contributed by atoms with E-state index in [0.717, 1.165) is 56.1 Å². The van der Waals surface area contributed by atoms with E-state index in [-0.39, 0.29) is 5.54 Å². The highest BCUT2D eigenvalue weighted by molar-refractivity contribution is 7.11. The maximum atomic E-state index is 5.45. The molecule has 0 unspecified atom stereocenters. The summed E-state index contributed by atoms with van der Waals surface area (Å²) in [6.45, 7) is 16.7. The standard InChI is InChI=1S/C17H31N5OS/c1-6-18-16(19-11-15-21-13(2)14(3)24-15)20-12-17(4,5)22-7-9-23-10-8-22/h6-12H2,1-5H3,(H2,18,19,20). The number of guanidine groups is 1. The SMILES string of the molecule is CCNC(=NCc1nc(C)c(C)s1)NCC(C)(C)N1CCOCC1. The predicted octanol–water partition coefficient (Wildman–Crippen LogP) is 1.93. The maximum Gasteiger partial charge on any atom is 0.191 e. The summed E-state index contributed by atoms with van der Waals surface area (Å²) < 4.78 is 5.45. The molecule has 2 heterocycles. The van der Waals surface area contributed by atoms with Crippen molar-refractivity contribution in [3.63, 3.8) is 0 Å². The normalized spacial score (nSPS) is 17.1. The molecule has 0 aromatic carbocycles. The fraction of sp³-hybridized carbons (Fsp3) is 0.765. The van der Waals surface area contributed by atoms with Crippen molar-refractivity contribution in [1.82, 2.24) is 20.5 Å². The number of hydrogen-bond acceptors (Lipinski definition) is 5. The first-order valence-electron chi connectivity index (χ1n) is 8.70. The summed E-state index contributed by atoms with van der Waals surface area (Å²) in [6.07, 6.45) is 0. The monoisotopic (exact) mass is 353 g/mol. The highest BCUT2D eigenvalue weighted by Gasteiger charge is 2.28. The molecule has 24 heavy (non-hydrogen) atoms. The van der Waals surface area contributed by atoms with Gasteiger partial charge in [-0.15, -0.1) is 11.3 Å². The van der Waals surface area contributed by atoms with Crippen molar-refractivity contribution < 1.29 is 4.74 Å². The minimum absolute atomic E-state index is 0.0638. The molecule has 0 bridgehead atoms. The van der Waals surface area contributed by atoms with Crippen molar-refractivity contribution in [2.24, 2.45) is 4.99 Å². The van der Waals surface area contributed by atoms with Crippen LogP contribution < -0.4 is 10.6 Å². The van der Waals surface area contributed by atoms with E-state index in [0.29, 0.717) is 6.54 Å². The van der Waals surface area contributed by atoms with Gasteiger partial charge in [-0.2, -0.15) is 0 Å². The molecule has 1 aromatic rings. The molecule has 0 spiro atoms. The number of hydrogen-bond donors (Lipinski definition) is 2. The highest BCUT2D eigenvalue weighted by Crippen LogP contribution is 2.17. The number of rotatable bonds is 6. The average molecular weight is 354 g/mol. The number of aryl methyl sites for hydroxylation is 2. The third-order valence-electron chi connectivity index (χ3n) is 4.35. The van der Waals surface area contributed by atoms with Crippen LogP contribution in [-0.2, 0) is 11.3 Å². The molecule has 1 aromatic heterocycles. The molecule has 0 saturated carbocycles. The first kappa shape index (κ1) is 19.1. The number of nitrogens with one attached hydrogen (secondary N) is 2. The molecule has 0 aliphatic carbocycles. The van der Waals surface area contributed by atoms with Crippen molar-refractivity contribution in [1.29, 1.82) is 0 Å². The zero-order chi connectivity index (χ0) is 17.6. The van der Waals surface area contributed by atoms with Crippen molar-refractivity contribution in [3.8, 4) is 0 Å². The lowest BCUT2D eigenvalue weighted by Crippen LogP contribution is -2.56. The second-order valence-electron chi connectivity index (χ2n) is 6.71. The van der Waals surface area contributed by atoms with Gasteiger partial charge in [-0.1, -0.05) is 0 Å².